The number of benzene rings is 2. The lowest BCUT2D eigenvalue weighted by molar-refractivity contribution is 0.0743. The smallest absolute Gasteiger partial charge is 0.257 e. The SMILES string of the molecule is COc1ccccc1C(=O)N1CCN(c2ccc(F)c(Cl)c2)CC1. The van der Waals surface area contributed by atoms with Gasteiger partial charge in [-0.3, -0.25) is 4.79 Å². The summed E-state index contributed by atoms with van der Waals surface area (Å²) in [5, 5.41) is 0.111. The standard InChI is InChI=1S/C18H18ClFN2O2/c1-24-17-5-3-2-4-14(17)18(23)22-10-8-21(9-11-22)13-6-7-16(20)15(19)12-13/h2-7,12H,8-11H2,1H3. The fourth-order valence-corrected chi connectivity index (χ4v) is 3.02. The first-order chi connectivity index (χ1) is 11.6. The molecule has 0 aliphatic carbocycles. The number of rotatable bonds is 3. The normalized spacial score (nSPS) is 14.6. The highest BCUT2D eigenvalue weighted by Crippen LogP contribution is 2.25. The lowest BCUT2D eigenvalue weighted by atomic mass is 10.1. The molecule has 0 bridgehead atoms. The molecule has 0 radical (unpaired) electrons. The average molecular weight is 349 g/mol. The second-order valence-corrected chi connectivity index (χ2v) is 5.99. The van der Waals surface area contributed by atoms with Gasteiger partial charge in [0, 0.05) is 31.9 Å². The van der Waals surface area contributed by atoms with Gasteiger partial charge in [0.25, 0.3) is 5.91 Å². The maximum atomic E-state index is 13.3. The Balaban J connectivity index is 1.68. The molecule has 1 aliphatic heterocycles. The molecule has 1 aliphatic rings. The molecule has 0 unspecified atom stereocenters. The quantitative estimate of drug-likeness (QED) is 0.851. The first kappa shape index (κ1) is 16.6. The molecule has 6 heteroatoms. The molecule has 0 atom stereocenters. The van der Waals surface area contributed by atoms with Gasteiger partial charge < -0.3 is 14.5 Å². The summed E-state index contributed by atoms with van der Waals surface area (Å²) in [5.74, 6) is 0.116. The number of carbonyl (C=O) groups is 1. The lowest BCUT2D eigenvalue weighted by Crippen LogP contribution is -2.48. The second kappa shape index (κ2) is 7.09. The lowest BCUT2D eigenvalue weighted by Gasteiger charge is -2.36. The van der Waals surface area contributed by atoms with Crippen molar-refractivity contribution in [2.45, 2.75) is 0 Å². The molecule has 2 aromatic rings. The van der Waals surface area contributed by atoms with Crippen molar-refractivity contribution in [2.24, 2.45) is 0 Å². The number of piperazine rings is 1. The van der Waals surface area contributed by atoms with Crippen LogP contribution in [0.1, 0.15) is 10.4 Å². The summed E-state index contributed by atoms with van der Waals surface area (Å²) in [6.07, 6.45) is 0. The van der Waals surface area contributed by atoms with Crippen LogP contribution in [0.25, 0.3) is 0 Å². The first-order valence-corrected chi connectivity index (χ1v) is 8.10. The summed E-state index contributed by atoms with van der Waals surface area (Å²) < 4.78 is 18.5. The maximum Gasteiger partial charge on any atom is 0.257 e. The Labute approximate surface area is 145 Å². The van der Waals surface area contributed by atoms with Crippen molar-refractivity contribution in [3.05, 3.63) is 58.9 Å². The van der Waals surface area contributed by atoms with Gasteiger partial charge in [0.05, 0.1) is 17.7 Å². The number of para-hydroxylation sites is 1. The highest BCUT2D eigenvalue weighted by Gasteiger charge is 2.24. The van der Waals surface area contributed by atoms with Crippen LogP contribution in [0.2, 0.25) is 5.02 Å². The summed E-state index contributed by atoms with van der Waals surface area (Å²) >= 11 is 5.85. The number of hydrogen-bond donors (Lipinski definition) is 0. The van der Waals surface area contributed by atoms with E-state index in [4.69, 9.17) is 16.3 Å². The first-order valence-electron chi connectivity index (χ1n) is 7.72. The third-order valence-electron chi connectivity index (χ3n) is 4.17. The molecule has 4 nitrogen and oxygen atoms in total. The minimum Gasteiger partial charge on any atom is -0.496 e. The summed E-state index contributed by atoms with van der Waals surface area (Å²) in [7, 11) is 1.56. The van der Waals surface area contributed by atoms with Crippen molar-refractivity contribution >= 4 is 23.2 Å². The predicted octanol–water partition coefficient (Wildman–Crippen LogP) is 3.45. The fraction of sp³-hybridized carbons (Fsp3) is 0.278. The Bertz CT molecular complexity index is 746. The van der Waals surface area contributed by atoms with Gasteiger partial charge in [-0.2, -0.15) is 0 Å². The van der Waals surface area contributed by atoms with Gasteiger partial charge in [0.2, 0.25) is 0 Å². The molecular weight excluding hydrogens is 331 g/mol. The zero-order valence-electron chi connectivity index (χ0n) is 13.3. The molecule has 3 rings (SSSR count). The Morgan fingerprint density at radius 3 is 2.50 bits per heavy atom. The number of halogens is 2. The number of nitrogens with zero attached hydrogens (tertiary/aromatic N) is 2. The zero-order valence-corrected chi connectivity index (χ0v) is 14.1. The highest BCUT2D eigenvalue weighted by atomic mass is 35.5. The monoisotopic (exact) mass is 348 g/mol. The molecule has 0 aromatic heterocycles. The van der Waals surface area contributed by atoms with Gasteiger partial charge >= 0.3 is 0 Å². The summed E-state index contributed by atoms with van der Waals surface area (Å²) in [6.45, 7) is 2.52. The molecule has 1 saturated heterocycles. The van der Waals surface area contributed by atoms with E-state index in [2.05, 4.69) is 4.90 Å². The second-order valence-electron chi connectivity index (χ2n) is 5.58. The van der Waals surface area contributed by atoms with Crippen molar-refractivity contribution < 1.29 is 13.9 Å². The molecule has 2 aromatic carbocycles. The van der Waals surface area contributed by atoms with Crippen molar-refractivity contribution in [2.75, 3.05) is 38.2 Å². The van der Waals surface area contributed by atoms with Crippen LogP contribution in [0.4, 0.5) is 10.1 Å². The topological polar surface area (TPSA) is 32.8 Å². The minimum atomic E-state index is -0.426. The number of carbonyl (C=O) groups excluding carboxylic acids is 1. The predicted molar refractivity (Wildman–Crippen MR) is 92.5 cm³/mol. The van der Waals surface area contributed by atoms with E-state index in [0.29, 0.717) is 37.5 Å². The van der Waals surface area contributed by atoms with E-state index in [1.54, 1.807) is 36.3 Å². The largest absolute Gasteiger partial charge is 0.496 e. The molecule has 0 spiro atoms. The Kier molecular flexibility index (Phi) is 4.90. The number of amides is 1. The molecule has 1 heterocycles. The van der Waals surface area contributed by atoms with Gasteiger partial charge in [0.1, 0.15) is 11.6 Å². The van der Waals surface area contributed by atoms with Crippen LogP contribution in [-0.2, 0) is 0 Å². The van der Waals surface area contributed by atoms with Crippen LogP contribution in [0.3, 0.4) is 0 Å². The molecule has 0 saturated carbocycles. The van der Waals surface area contributed by atoms with Gasteiger partial charge in [-0.25, -0.2) is 4.39 Å². The Morgan fingerprint density at radius 2 is 1.83 bits per heavy atom. The van der Waals surface area contributed by atoms with Crippen LogP contribution < -0.4 is 9.64 Å². The van der Waals surface area contributed by atoms with E-state index >= 15 is 0 Å². The van der Waals surface area contributed by atoms with Gasteiger partial charge in [-0.05, 0) is 30.3 Å². The van der Waals surface area contributed by atoms with Crippen LogP contribution in [0.5, 0.6) is 5.75 Å². The van der Waals surface area contributed by atoms with Crippen molar-refractivity contribution in [3.8, 4) is 5.75 Å². The number of methoxy groups -OCH3 is 1. The summed E-state index contributed by atoms with van der Waals surface area (Å²) in [6, 6.07) is 11.9. The van der Waals surface area contributed by atoms with E-state index in [-0.39, 0.29) is 10.9 Å². The van der Waals surface area contributed by atoms with Crippen LogP contribution in [0, 0.1) is 5.82 Å². The number of ether oxygens (including phenoxy) is 1. The van der Waals surface area contributed by atoms with E-state index in [9.17, 15) is 9.18 Å². The minimum absolute atomic E-state index is 0.0377. The molecule has 0 N–H and O–H groups in total. The van der Waals surface area contributed by atoms with Crippen molar-refractivity contribution in [3.63, 3.8) is 0 Å². The fourth-order valence-electron chi connectivity index (χ4n) is 2.84. The van der Waals surface area contributed by atoms with Crippen LogP contribution in [-0.4, -0.2) is 44.1 Å². The van der Waals surface area contributed by atoms with E-state index in [0.717, 1.165) is 5.69 Å². The molecule has 1 amide bonds. The van der Waals surface area contributed by atoms with Gasteiger partial charge in [-0.15, -0.1) is 0 Å². The highest BCUT2D eigenvalue weighted by molar-refractivity contribution is 6.31. The third-order valence-corrected chi connectivity index (χ3v) is 4.46. The van der Waals surface area contributed by atoms with Gasteiger partial charge in [0.15, 0.2) is 0 Å². The van der Waals surface area contributed by atoms with Crippen molar-refractivity contribution in [1.82, 2.24) is 4.90 Å². The molecule has 126 valence electrons. The molecule has 1 fully saturated rings. The average Bonchev–Trinajstić information content (AvgIpc) is 2.63. The molecular formula is C18H18ClFN2O2. The number of anilines is 1. The summed E-state index contributed by atoms with van der Waals surface area (Å²) in [5.41, 5.74) is 1.43. The van der Waals surface area contributed by atoms with E-state index in [1.807, 2.05) is 12.1 Å². The Hall–Kier alpha value is -2.27. The molecule has 24 heavy (non-hydrogen) atoms. The number of hydrogen-bond acceptors (Lipinski definition) is 3. The summed E-state index contributed by atoms with van der Waals surface area (Å²) in [4.78, 5) is 16.6. The Morgan fingerprint density at radius 1 is 1.12 bits per heavy atom. The third kappa shape index (κ3) is 3.31. The van der Waals surface area contributed by atoms with Crippen molar-refractivity contribution in [1.29, 1.82) is 0 Å². The van der Waals surface area contributed by atoms with Crippen LogP contribution >= 0.6 is 11.6 Å². The van der Waals surface area contributed by atoms with Gasteiger partial charge in [-0.1, -0.05) is 23.7 Å². The maximum absolute atomic E-state index is 13.3. The van der Waals surface area contributed by atoms with E-state index < -0.39 is 5.82 Å². The van der Waals surface area contributed by atoms with E-state index in [1.165, 1.54) is 6.07 Å². The van der Waals surface area contributed by atoms with Crippen LogP contribution in [0.15, 0.2) is 42.5 Å². The zero-order chi connectivity index (χ0) is 17.1.